The van der Waals surface area contributed by atoms with Gasteiger partial charge in [0, 0.05) is 13.0 Å². The Morgan fingerprint density at radius 1 is 0.821 bits per heavy atom. The molecule has 1 aliphatic heterocycles. The van der Waals surface area contributed by atoms with Crippen LogP contribution in [0, 0.1) is 0 Å². The Morgan fingerprint density at radius 2 is 1.39 bits per heavy atom. The van der Waals surface area contributed by atoms with E-state index in [0.717, 1.165) is 18.7 Å². The summed E-state index contributed by atoms with van der Waals surface area (Å²) in [6, 6.07) is 0. The lowest BCUT2D eigenvalue weighted by atomic mass is 10.1. The number of rotatable bonds is 19. The Kier molecular flexibility index (Phi) is 15.4. The van der Waals surface area contributed by atoms with Gasteiger partial charge in [0.15, 0.2) is 11.6 Å². The number of allylic oxidation sites excluding steroid dienone is 2. The van der Waals surface area contributed by atoms with Crippen molar-refractivity contribution >= 4 is 5.90 Å². The van der Waals surface area contributed by atoms with Crippen LogP contribution in [0.2, 0.25) is 0 Å². The Balaban J connectivity index is 1.88. The van der Waals surface area contributed by atoms with Gasteiger partial charge in [-0.25, -0.2) is 4.99 Å². The van der Waals surface area contributed by atoms with Crippen molar-refractivity contribution in [3.63, 3.8) is 0 Å². The monoisotopic (exact) mass is 393 g/mol. The van der Waals surface area contributed by atoms with Gasteiger partial charge < -0.3 is 9.47 Å². The number of nitrogens with zero attached hydrogens (tertiary/aromatic N) is 1. The molecule has 1 heterocycles. The van der Waals surface area contributed by atoms with E-state index in [9.17, 15) is 0 Å². The predicted octanol–water partition coefficient (Wildman–Crippen LogP) is 7.99. The van der Waals surface area contributed by atoms with Gasteiger partial charge in [0.25, 0.3) is 0 Å². The highest BCUT2D eigenvalue weighted by Crippen LogP contribution is 2.26. The molecule has 1 aliphatic rings. The molecular formula is C25H47NO2. The van der Waals surface area contributed by atoms with Gasteiger partial charge in [-0.3, -0.25) is 0 Å². The largest absolute Gasteiger partial charge is 0.476 e. The third kappa shape index (κ3) is 11.9. The molecule has 0 spiro atoms. The van der Waals surface area contributed by atoms with E-state index < -0.39 is 5.72 Å². The first-order valence-corrected chi connectivity index (χ1v) is 12.3. The van der Waals surface area contributed by atoms with E-state index in [1.54, 1.807) is 0 Å². The van der Waals surface area contributed by atoms with Gasteiger partial charge >= 0.3 is 0 Å². The lowest BCUT2D eigenvalue weighted by Gasteiger charge is -2.21. The topological polar surface area (TPSA) is 30.8 Å². The molecule has 164 valence electrons. The predicted molar refractivity (Wildman–Crippen MR) is 122 cm³/mol. The van der Waals surface area contributed by atoms with Crippen LogP contribution < -0.4 is 0 Å². The van der Waals surface area contributed by atoms with Crippen LogP contribution in [-0.2, 0) is 9.47 Å². The maximum Gasteiger partial charge on any atom is 0.196 e. The average molecular weight is 394 g/mol. The van der Waals surface area contributed by atoms with Gasteiger partial charge in [-0.1, -0.05) is 83.8 Å². The minimum absolute atomic E-state index is 0.396. The van der Waals surface area contributed by atoms with E-state index >= 15 is 0 Å². The van der Waals surface area contributed by atoms with Gasteiger partial charge in [0.05, 0.1) is 0 Å². The first kappa shape index (κ1) is 25.2. The second kappa shape index (κ2) is 17.1. The van der Waals surface area contributed by atoms with Gasteiger partial charge in [-0.2, -0.15) is 0 Å². The molecule has 28 heavy (non-hydrogen) atoms. The van der Waals surface area contributed by atoms with E-state index in [0.29, 0.717) is 13.2 Å². The van der Waals surface area contributed by atoms with E-state index in [4.69, 9.17) is 14.5 Å². The van der Waals surface area contributed by atoms with E-state index in [-0.39, 0.29) is 0 Å². The van der Waals surface area contributed by atoms with Crippen LogP contribution in [-0.4, -0.2) is 24.8 Å². The van der Waals surface area contributed by atoms with Crippen molar-refractivity contribution in [1.82, 2.24) is 0 Å². The van der Waals surface area contributed by atoms with Crippen LogP contribution in [0.4, 0.5) is 0 Å². The molecule has 1 rings (SSSR count). The lowest BCUT2D eigenvalue weighted by Crippen LogP contribution is -2.31. The summed E-state index contributed by atoms with van der Waals surface area (Å²) < 4.78 is 11.5. The summed E-state index contributed by atoms with van der Waals surface area (Å²) in [5.74, 6) is 0.908. The fourth-order valence-electron chi connectivity index (χ4n) is 3.77. The quantitative estimate of drug-likeness (QED) is 0.164. The number of aliphatic imine (C=N–C) groups is 1. The highest BCUT2D eigenvalue weighted by Gasteiger charge is 2.35. The summed E-state index contributed by atoms with van der Waals surface area (Å²) in [6.45, 7) is 7.72. The second-order valence-electron chi connectivity index (χ2n) is 8.21. The zero-order valence-corrected chi connectivity index (χ0v) is 19.1. The van der Waals surface area contributed by atoms with Crippen molar-refractivity contribution in [2.75, 3.05) is 13.2 Å². The van der Waals surface area contributed by atoms with Crippen molar-refractivity contribution in [1.29, 1.82) is 0 Å². The van der Waals surface area contributed by atoms with E-state index in [1.807, 2.05) is 6.92 Å². The molecule has 0 saturated carbocycles. The lowest BCUT2D eigenvalue weighted by molar-refractivity contribution is -0.0498. The number of hydrogen-bond donors (Lipinski definition) is 0. The van der Waals surface area contributed by atoms with Crippen molar-refractivity contribution in [3.05, 3.63) is 12.2 Å². The van der Waals surface area contributed by atoms with E-state index in [1.165, 1.54) is 89.9 Å². The maximum atomic E-state index is 5.78. The fraction of sp³-hybridized carbons (Fsp3) is 0.880. The Bertz CT molecular complexity index is 419. The zero-order chi connectivity index (χ0) is 20.3. The van der Waals surface area contributed by atoms with Crippen LogP contribution in [0.5, 0.6) is 0 Å². The summed E-state index contributed by atoms with van der Waals surface area (Å²) in [6.07, 6.45) is 25.4. The number of unbranched alkanes of at least 4 members (excludes halogenated alkanes) is 12. The first-order valence-electron chi connectivity index (χ1n) is 12.3. The third-order valence-corrected chi connectivity index (χ3v) is 5.66. The third-order valence-electron chi connectivity index (χ3n) is 5.66. The Labute approximate surface area is 175 Å². The molecule has 0 aromatic heterocycles. The molecular weight excluding hydrogens is 346 g/mol. The normalized spacial score (nSPS) is 19.3. The number of ether oxygens (including phenoxy) is 2. The van der Waals surface area contributed by atoms with Crippen LogP contribution in [0.1, 0.15) is 124 Å². The maximum absolute atomic E-state index is 5.78. The minimum Gasteiger partial charge on any atom is -0.476 e. The molecule has 0 aromatic carbocycles. The first-order chi connectivity index (χ1) is 13.8. The van der Waals surface area contributed by atoms with Crippen LogP contribution >= 0.6 is 0 Å². The molecule has 1 unspecified atom stereocenters. The standard InChI is InChI=1S/C25H47NO2/c1-4-7-8-9-10-11-12-13-14-15-16-17-18-19-20-21-22-24-26-25(5-2,23-27-24)28-6-3/h13-14H,4-12,15-23H2,1-3H3. The molecule has 0 amide bonds. The minimum atomic E-state index is -0.396. The van der Waals surface area contributed by atoms with E-state index in [2.05, 4.69) is 26.0 Å². The second-order valence-corrected chi connectivity index (χ2v) is 8.21. The molecule has 0 fully saturated rings. The summed E-state index contributed by atoms with van der Waals surface area (Å²) in [5.41, 5.74) is -0.396. The molecule has 0 saturated heterocycles. The summed E-state index contributed by atoms with van der Waals surface area (Å²) in [4.78, 5) is 4.70. The molecule has 0 aromatic rings. The molecule has 1 atom stereocenters. The van der Waals surface area contributed by atoms with Crippen LogP contribution in [0.15, 0.2) is 17.1 Å². The molecule has 0 aliphatic carbocycles. The fourth-order valence-corrected chi connectivity index (χ4v) is 3.77. The van der Waals surface area contributed by atoms with Crippen LogP contribution in [0.25, 0.3) is 0 Å². The summed E-state index contributed by atoms with van der Waals surface area (Å²) in [5, 5.41) is 0. The zero-order valence-electron chi connectivity index (χ0n) is 19.1. The molecule has 0 radical (unpaired) electrons. The van der Waals surface area contributed by atoms with Crippen molar-refractivity contribution < 1.29 is 9.47 Å². The van der Waals surface area contributed by atoms with Gasteiger partial charge in [0.1, 0.15) is 6.61 Å². The SMILES string of the molecule is CCCCCCCCC=CCCCCCCCCC1=NC(CC)(OCC)CO1. The average Bonchev–Trinajstić information content (AvgIpc) is 3.11. The van der Waals surface area contributed by atoms with Crippen molar-refractivity contribution in [2.45, 2.75) is 129 Å². The number of hydrogen-bond acceptors (Lipinski definition) is 3. The van der Waals surface area contributed by atoms with Gasteiger partial charge in [0.2, 0.25) is 0 Å². The Morgan fingerprint density at radius 3 is 1.96 bits per heavy atom. The molecule has 0 bridgehead atoms. The van der Waals surface area contributed by atoms with Gasteiger partial charge in [-0.05, 0) is 45.4 Å². The van der Waals surface area contributed by atoms with Crippen molar-refractivity contribution in [2.24, 2.45) is 4.99 Å². The van der Waals surface area contributed by atoms with Crippen molar-refractivity contribution in [3.8, 4) is 0 Å². The molecule has 0 N–H and O–H groups in total. The molecule has 3 nitrogen and oxygen atoms in total. The highest BCUT2D eigenvalue weighted by atomic mass is 16.6. The van der Waals surface area contributed by atoms with Gasteiger partial charge in [-0.15, -0.1) is 0 Å². The Hall–Kier alpha value is -0.830. The van der Waals surface area contributed by atoms with Crippen LogP contribution in [0.3, 0.4) is 0 Å². The summed E-state index contributed by atoms with van der Waals surface area (Å²) >= 11 is 0. The smallest absolute Gasteiger partial charge is 0.196 e. The summed E-state index contributed by atoms with van der Waals surface area (Å²) in [7, 11) is 0. The molecule has 3 heteroatoms. The highest BCUT2D eigenvalue weighted by molar-refractivity contribution is 5.78.